The highest BCUT2D eigenvalue weighted by Gasteiger charge is 2.59. The van der Waals surface area contributed by atoms with Crippen LogP contribution in [0.25, 0.3) is 0 Å². The molecule has 1 heterocycles. The highest BCUT2D eigenvalue weighted by atomic mass is 19.4. The Kier molecular flexibility index (Phi) is 10.2. The number of alkyl halides is 6. The normalized spacial score (nSPS) is 19.0. The first-order valence-electron chi connectivity index (χ1n) is 14.7. The second kappa shape index (κ2) is 14.1. The molecule has 45 heavy (non-hydrogen) atoms. The molecule has 4 nitrogen and oxygen atoms in total. The van der Waals surface area contributed by atoms with Crippen molar-refractivity contribution in [2.24, 2.45) is 0 Å². The van der Waals surface area contributed by atoms with Crippen molar-refractivity contribution in [2.75, 3.05) is 26.7 Å². The van der Waals surface area contributed by atoms with Crippen molar-refractivity contribution in [3.8, 4) is 5.75 Å². The minimum atomic E-state index is -4.97. The van der Waals surface area contributed by atoms with Gasteiger partial charge >= 0.3 is 12.4 Å². The fraction of sp³-hybridized carbons (Fsp3) is 0.314. The Bertz CT molecular complexity index is 1420. The maximum absolute atomic E-state index is 15.1. The number of nitrogens with one attached hydrogen (secondary N) is 1. The van der Waals surface area contributed by atoms with Crippen molar-refractivity contribution < 1.29 is 31.1 Å². The zero-order chi connectivity index (χ0) is 32.0. The lowest BCUT2D eigenvalue weighted by molar-refractivity contribution is -0.262. The molecule has 1 saturated heterocycles. The lowest BCUT2D eigenvalue weighted by Gasteiger charge is -2.52. The SMILES string of the molecule is COc1ccccc1C(CNCc1ccccc1)N1CC(C(F)(F)F)N(C(c2ccccc2)c2ccccc2)C(C(F)(F)F)C1. The number of piperazine rings is 1. The third-order valence-corrected chi connectivity index (χ3v) is 8.27. The minimum absolute atomic E-state index is 0.102. The van der Waals surface area contributed by atoms with Crippen molar-refractivity contribution in [3.63, 3.8) is 0 Å². The van der Waals surface area contributed by atoms with E-state index < -0.39 is 49.6 Å². The van der Waals surface area contributed by atoms with Crippen molar-refractivity contribution in [1.29, 1.82) is 0 Å². The van der Waals surface area contributed by atoms with Crippen molar-refractivity contribution in [3.05, 3.63) is 138 Å². The fourth-order valence-electron chi connectivity index (χ4n) is 6.22. The highest BCUT2D eigenvalue weighted by molar-refractivity contribution is 5.37. The van der Waals surface area contributed by atoms with E-state index in [0.717, 1.165) is 5.56 Å². The third-order valence-electron chi connectivity index (χ3n) is 8.27. The van der Waals surface area contributed by atoms with Gasteiger partial charge in [-0.05, 0) is 22.8 Å². The molecule has 0 bridgehead atoms. The highest BCUT2D eigenvalue weighted by Crippen LogP contribution is 2.45. The van der Waals surface area contributed by atoms with Crippen LogP contribution in [0, 0.1) is 0 Å². The van der Waals surface area contributed by atoms with Gasteiger partial charge in [0.2, 0.25) is 0 Å². The molecule has 1 fully saturated rings. The molecular formula is C35H35F6N3O. The van der Waals surface area contributed by atoms with Crippen LogP contribution in [0.3, 0.4) is 0 Å². The Morgan fingerprint density at radius 1 is 0.689 bits per heavy atom. The van der Waals surface area contributed by atoms with Gasteiger partial charge in [-0.1, -0.05) is 109 Å². The maximum Gasteiger partial charge on any atom is 0.405 e. The number of ether oxygens (including phenoxy) is 1. The predicted molar refractivity (Wildman–Crippen MR) is 162 cm³/mol. The molecule has 10 heteroatoms. The fourth-order valence-corrected chi connectivity index (χ4v) is 6.22. The molecule has 0 spiro atoms. The van der Waals surface area contributed by atoms with Crippen molar-refractivity contribution in [2.45, 2.75) is 43.1 Å². The van der Waals surface area contributed by atoms with Crippen LogP contribution in [-0.4, -0.2) is 61.0 Å². The quantitative estimate of drug-likeness (QED) is 0.182. The number of hydrogen-bond donors (Lipinski definition) is 1. The summed E-state index contributed by atoms with van der Waals surface area (Å²) in [5.41, 5.74) is 2.16. The molecule has 1 aliphatic heterocycles. The Labute approximate surface area is 259 Å². The van der Waals surface area contributed by atoms with Crippen LogP contribution in [0.1, 0.15) is 34.3 Å². The topological polar surface area (TPSA) is 27.7 Å². The Morgan fingerprint density at radius 2 is 1.16 bits per heavy atom. The van der Waals surface area contributed by atoms with Gasteiger partial charge in [-0.3, -0.25) is 9.80 Å². The summed E-state index contributed by atoms with van der Waals surface area (Å²) in [6.07, 6.45) is -9.93. The van der Waals surface area contributed by atoms with Crippen molar-refractivity contribution >= 4 is 0 Å². The molecule has 0 amide bonds. The summed E-state index contributed by atoms with van der Waals surface area (Å²) >= 11 is 0. The molecule has 3 atom stereocenters. The third kappa shape index (κ3) is 7.69. The van der Waals surface area contributed by atoms with Gasteiger partial charge < -0.3 is 10.1 Å². The molecule has 238 valence electrons. The first-order chi connectivity index (χ1) is 21.6. The Hall–Kier alpha value is -3.86. The number of halogens is 6. The second-order valence-corrected chi connectivity index (χ2v) is 11.1. The molecule has 0 saturated carbocycles. The zero-order valence-corrected chi connectivity index (χ0v) is 24.7. The monoisotopic (exact) mass is 627 g/mol. The van der Waals surface area contributed by atoms with E-state index in [4.69, 9.17) is 4.74 Å². The van der Waals surface area contributed by atoms with Gasteiger partial charge in [0.05, 0.1) is 19.2 Å². The lowest BCUT2D eigenvalue weighted by atomic mass is 9.90. The minimum Gasteiger partial charge on any atom is -0.496 e. The molecule has 3 unspecified atom stereocenters. The summed E-state index contributed by atoms with van der Waals surface area (Å²) in [6.45, 7) is -0.836. The van der Waals surface area contributed by atoms with E-state index in [-0.39, 0.29) is 6.54 Å². The van der Waals surface area contributed by atoms with E-state index in [1.807, 2.05) is 30.3 Å². The van der Waals surface area contributed by atoms with Crippen LogP contribution in [-0.2, 0) is 6.54 Å². The largest absolute Gasteiger partial charge is 0.496 e. The summed E-state index contributed by atoms with van der Waals surface area (Å²) in [6, 6.07) is 25.4. The van der Waals surface area contributed by atoms with E-state index >= 15 is 26.3 Å². The molecule has 5 rings (SSSR count). The van der Waals surface area contributed by atoms with Gasteiger partial charge in [0.15, 0.2) is 0 Å². The molecule has 0 aromatic heterocycles. The first kappa shape index (κ1) is 32.5. The summed E-state index contributed by atoms with van der Waals surface area (Å²) in [4.78, 5) is 1.95. The van der Waals surface area contributed by atoms with Crippen LogP contribution >= 0.6 is 0 Å². The van der Waals surface area contributed by atoms with Crippen LogP contribution in [0.4, 0.5) is 26.3 Å². The lowest BCUT2D eigenvalue weighted by Crippen LogP contribution is -2.68. The molecule has 4 aromatic carbocycles. The van der Waals surface area contributed by atoms with E-state index in [0.29, 0.717) is 33.9 Å². The molecule has 0 radical (unpaired) electrons. The first-order valence-corrected chi connectivity index (χ1v) is 14.7. The van der Waals surface area contributed by atoms with E-state index in [1.165, 1.54) is 12.0 Å². The summed E-state index contributed by atoms with van der Waals surface area (Å²) < 4.78 is 96.3. The van der Waals surface area contributed by atoms with Crippen LogP contribution in [0.5, 0.6) is 5.75 Å². The second-order valence-electron chi connectivity index (χ2n) is 11.1. The van der Waals surface area contributed by atoms with Crippen LogP contribution in [0.15, 0.2) is 115 Å². The Morgan fingerprint density at radius 3 is 1.64 bits per heavy atom. The van der Waals surface area contributed by atoms with Gasteiger partial charge in [-0.2, -0.15) is 26.3 Å². The number of rotatable bonds is 10. The van der Waals surface area contributed by atoms with Gasteiger partial charge in [-0.25, -0.2) is 0 Å². The zero-order valence-electron chi connectivity index (χ0n) is 24.7. The van der Waals surface area contributed by atoms with Gasteiger partial charge in [0, 0.05) is 31.7 Å². The smallest absolute Gasteiger partial charge is 0.405 e. The number of para-hydroxylation sites is 1. The van der Waals surface area contributed by atoms with Gasteiger partial charge in [0.1, 0.15) is 17.8 Å². The number of hydrogen-bond acceptors (Lipinski definition) is 4. The number of methoxy groups -OCH3 is 1. The molecule has 1 aliphatic rings. The number of benzene rings is 4. The number of nitrogens with zero attached hydrogens (tertiary/aromatic N) is 2. The average molecular weight is 628 g/mol. The van der Waals surface area contributed by atoms with E-state index in [2.05, 4.69) is 5.32 Å². The van der Waals surface area contributed by atoms with E-state index in [9.17, 15) is 0 Å². The Balaban J connectivity index is 1.59. The van der Waals surface area contributed by atoms with Gasteiger partial charge in [0.25, 0.3) is 0 Å². The summed E-state index contributed by atoms with van der Waals surface area (Å²) in [7, 11) is 1.44. The molecule has 1 N–H and O–H groups in total. The molecule has 4 aromatic rings. The summed E-state index contributed by atoms with van der Waals surface area (Å²) in [5.74, 6) is 0.394. The standard InChI is InChI=1S/C35H35F6N3O/c1-45-30-20-12-11-19-28(30)29(22-42-21-25-13-5-2-6-14-25)43-23-31(34(36,37)38)44(32(24-43)35(39,40)41)33(26-15-7-3-8-16-26)27-17-9-4-10-18-27/h2-20,29,31-33,42H,21-24H2,1H3. The van der Waals surface area contributed by atoms with Crippen LogP contribution < -0.4 is 10.1 Å². The van der Waals surface area contributed by atoms with E-state index in [1.54, 1.807) is 84.9 Å². The van der Waals surface area contributed by atoms with Gasteiger partial charge in [-0.15, -0.1) is 0 Å². The van der Waals surface area contributed by atoms with Crippen LogP contribution in [0.2, 0.25) is 0 Å². The van der Waals surface area contributed by atoms with Crippen molar-refractivity contribution in [1.82, 2.24) is 15.1 Å². The average Bonchev–Trinajstić information content (AvgIpc) is 3.04. The predicted octanol–water partition coefficient (Wildman–Crippen LogP) is 7.80. The maximum atomic E-state index is 15.1. The molecule has 0 aliphatic carbocycles. The summed E-state index contributed by atoms with van der Waals surface area (Å²) in [5, 5.41) is 3.27. The molecular weight excluding hydrogens is 592 g/mol.